The second-order valence-electron chi connectivity index (χ2n) is 4.87. The molecule has 102 valence electrons. The van der Waals surface area contributed by atoms with Gasteiger partial charge in [0, 0.05) is 4.47 Å². The van der Waals surface area contributed by atoms with E-state index in [2.05, 4.69) is 21.2 Å². The summed E-state index contributed by atoms with van der Waals surface area (Å²) in [4.78, 5) is 23.0. The molecule has 1 saturated carbocycles. The van der Waals surface area contributed by atoms with Crippen LogP contribution in [0.25, 0.3) is 0 Å². The molecular formula is C14H16BrNO3. The number of carbonyl (C=O) groups excluding carboxylic acids is 1. The number of halogens is 1. The molecule has 2 rings (SSSR count). The zero-order valence-corrected chi connectivity index (χ0v) is 12.1. The van der Waals surface area contributed by atoms with E-state index in [4.69, 9.17) is 5.11 Å². The van der Waals surface area contributed by atoms with Crippen molar-refractivity contribution in [1.29, 1.82) is 0 Å². The fourth-order valence-electron chi connectivity index (χ4n) is 2.72. The topological polar surface area (TPSA) is 66.4 Å². The molecular weight excluding hydrogens is 310 g/mol. The molecule has 0 unspecified atom stereocenters. The van der Waals surface area contributed by atoms with E-state index >= 15 is 0 Å². The SMILES string of the molecule is O=C(O)CNC(=O)C1(c2ccc(Br)cc2)CCCC1. The summed E-state index contributed by atoms with van der Waals surface area (Å²) in [7, 11) is 0. The highest BCUT2D eigenvalue weighted by Crippen LogP contribution is 2.41. The Hall–Kier alpha value is -1.36. The van der Waals surface area contributed by atoms with Crippen LogP contribution in [0.3, 0.4) is 0 Å². The van der Waals surface area contributed by atoms with Gasteiger partial charge in [0.1, 0.15) is 6.54 Å². The van der Waals surface area contributed by atoms with Crippen LogP contribution in [0.4, 0.5) is 0 Å². The monoisotopic (exact) mass is 325 g/mol. The van der Waals surface area contributed by atoms with Gasteiger partial charge in [0.2, 0.25) is 5.91 Å². The lowest BCUT2D eigenvalue weighted by atomic mass is 9.78. The van der Waals surface area contributed by atoms with E-state index in [-0.39, 0.29) is 12.5 Å². The highest BCUT2D eigenvalue weighted by Gasteiger charge is 2.42. The number of hydrogen-bond donors (Lipinski definition) is 2. The second-order valence-corrected chi connectivity index (χ2v) is 5.79. The van der Waals surface area contributed by atoms with Gasteiger partial charge in [0.15, 0.2) is 0 Å². The summed E-state index contributed by atoms with van der Waals surface area (Å²) in [5.41, 5.74) is 0.409. The Morgan fingerprint density at radius 3 is 2.32 bits per heavy atom. The lowest BCUT2D eigenvalue weighted by Crippen LogP contribution is -2.44. The third-order valence-electron chi connectivity index (χ3n) is 3.69. The molecule has 0 saturated heterocycles. The summed E-state index contributed by atoms with van der Waals surface area (Å²) < 4.78 is 0.968. The number of carboxylic acid groups (broad SMARTS) is 1. The largest absolute Gasteiger partial charge is 0.480 e. The fraction of sp³-hybridized carbons (Fsp3) is 0.429. The highest BCUT2D eigenvalue weighted by molar-refractivity contribution is 9.10. The molecule has 1 aromatic rings. The molecule has 0 spiro atoms. The third-order valence-corrected chi connectivity index (χ3v) is 4.22. The predicted molar refractivity (Wildman–Crippen MR) is 74.9 cm³/mol. The van der Waals surface area contributed by atoms with Crippen LogP contribution in [-0.4, -0.2) is 23.5 Å². The summed E-state index contributed by atoms with van der Waals surface area (Å²) in [6.45, 7) is -0.322. The van der Waals surface area contributed by atoms with Gasteiger partial charge in [-0.1, -0.05) is 40.9 Å². The first-order valence-corrected chi connectivity index (χ1v) is 7.10. The van der Waals surface area contributed by atoms with Crippen molar-refractivity contribution < 1.29 is 14.7 Å². The lowest BCUT2D eigenvalue weighted by molar-refractivity contribution is -0.138. The van der Waals surface area contributed by atoms with Crippen LogP contribution >= 0.6 is 15.9 Å². The smallest absolute Gasteiger partial charge is 0.322 e. The first-order valence-electron chi connectivity index (χ1n) is 6.31. The number of benzene rings is 1. The minimum atomic E-state index is -1.02. The van der Waals surface area contributed by atoms with Crippen LogP contribution in [0.5, 0.6) is 0 Å². The number of hydrogen-bond acceptors (Lipinski definition) is 2. The van der Waals surface area contributed by atoms with Crippen molar-refractivity contribution in [2.45, 2.75) is 31.1 Å². The van der Waals surface area contributed by atoms with E-state index in [9.17, 15) is 9.59 Å². The molecule has 1 fully saturated rings. The molecule has 19 heavy (non-hydrogen) atoms. The van der Waals surface area contributed by atoms with Gasteiger partial charge in [-0.05, 0) is 30.5 Å². The molecule has 1 aliphatic rings. The van der Waals surface area contributed by atoms with Gasteiger partial charge in [0.05, 0.1) is 5.41 Å². The molecule has 0 heterocycles. The summed E-state index contributed by atoms with van der Waals surface area (Å²) in [5, 5.41) is 11.2. The number of carboxylic acids is 1. The average Bonchev–Trinajstić information content (AvgIpc) is 2.87. The van der Waals surface area contributed by atoms with Crippen molar-refractivity contribution in [3.8, 4) is 0 Å². The number of rotatable bonds is 4. The zero-order valence-electron chi connectivity index (χ0n) is 10.5. The first-order chi connectivity index (χ1) is 9.04. The zero-order chi connectivity index (χ0) is 13.9. The van der Waals surface area contributed by atoms with Crippen molar-refractivity contribution in [1.82, 2.24) is 5.32 Å². The van der Waals surface area contributed by atoms with Gasteiger partial charge in [-0.3, -0.25) is 9.59 Å². The number of aliphatic carboxylic acids is 1. The van der Waals surface area contributed by atoms with E-state index in [1.165, 1.54) is 0 Å². The van der Waals surface area contributed by atoms with Crippen molar-refractivity contribution in [2.24, 2.45) is 0 Å². The Morgan fingerprint density at radius 1 is 1.21 bits per heavy atom. The second kappa shape index (κ2) is 5.74. The number of carbonyl (C=O) groups is 2. The van der Waals surface area contributed by atoms with E-state index in [0.717, 1.165) is 35.7 Å². The Balaban J connectivity index is 2.24. The third kappa shape index (κ3) is 2.97. The van der Waals surface area contributed by atoms with Crippen LogP contribution in [-0.2, 0) is 15.0 Å². The average molecular weight is 326 g/mol. The maximum Gasteiger partial charge on any atom is 0.322 e. The Labute approximate surface area is 120 Å². The molecule has 0 aromatic heterocycles. The minimum Gasteiger partial charge on any atom is -0.480 e. The normalized spacial score (nSPS) is 17.1. The maximum atomic E-state index is 12.4. The highest BCUT2D eigenvalue weighted by atomic mass is 79.9. The van der Waals surface area contributed by atoms with E-state index in [1.54, 1.807) is 0 Å². The first kappa shape index (κ1) is 14.1. The van der Waals surface area contributed by atoms with E-state index < -0.39 is 11.4 Å². The van der Waals surface area contributed by atoms with Crippen molar-refractivity contribution in [3.63, 3.8) is 0 Å². The summed E-state index contributed by atoms with van der Waals surface area (Å²) >= 11 is 3.38. The van der Waals surface area contributed by atoms with Crippen molar-refractivity contribution >= 4 is 27.8 Å². The Morgan fingerprint density at radius 2 is 1.79 bits per heavy atom. The van der Waals surface area contributed by atoms with E-state index in [0.29, 0.717) is 0 Å². The van der Waals surface area contributed by atoms with Crippen molar-refractivity contribution in [2.75, 3.05) is 6.54 Å². The molecule has 1 aromatic carbocycles. The van der Waals surface area contributed by atoms with Gasteiger partial charge >= 0.3 is 5.97 Å². The maximum absolute atomic E-state index is 12.4. The summed E-state index contributed by atoms with van der Waals surface area (Å²) in [6, 6.07) is 7.71. The van der Waals surface area contributed by atoms with Crippen LogP contribution in [0.15, 0.2) is 28.7 Å². The van der Waals surface area contributed by atoms with Gasteiger partial charge in [0.25, 0.3) is 0 Å². The van der Waals surface area contributed by atoms with Gasteiger partial charge in [-0.2, -0.15) is 0 Å². The van der Waals surface area contributed by atoms with Crippen LogP contribution in [0, 0.1) is 0 Å². The molecule has 0 radical (unpaired) electrons. The van der Waals surface area contributed by atoms with Crippen LogP contribution in [0.1, 0.15) is 31.2 Å². The molecule has 1 amide bonds. The molecule has 4 nitrogen and oxygen atoms in total. The fourth-order valence-corrected chi connectivity index (χ4v) is 2.98. The van der Waals surface area contributed by atoms with Gasteiger partial charge in [-0.15, -0.1) is 0 Å². The van der Waals surface area contributed by atoms with Crippen molar-refractivity contribution in [3.05, 3.63) is 34.3 Å². The predicted octanol–water partition coefficient (Wildman–Crippen LogP) is 2.46. The van der Waals surface area contributed by atoms with Gasteiger partial charge in [-0.25, -0.2) is 0 Å². The molecule has 5 heteroatoms. The number of amides is 1. The molecule has 2 N–H and O–H groups in total. The van der Waals surface area contributed by atoms with E-state index in [1.807, 2.05) is 24.3 Å². The standard InChI is InChI=1S/C14H16BrNO3/c15-11-5-3-10(4-6-11)14(7-1-2-8-14)13(19)16-9-12(17)18/h3-6H,1-2,7-9H2,(H,16,19)(H,17,18). The van der Waals surface area contributed by atoms with Gasteiger partial charge < -0.3 is 10.4 Å². The van der Waals surface area contributed by atoms with Crippen LogP contribution < -0.4 is 5.32 Å². The molecule has 0 bridgehead atoms. The van der Waals surface area contributed by atoms with Crippen LogP contribution in [0.2, 0.25) is 0 Å². The summed E-state index contributed by atoms with van der Waals surface area (Å²) in [5.74, 6) is -1.19. The molecule has 0 atom stereocenters. The molecule has 1 aliphatic carbocycles. The summed E-state index contributed by atoms with van der Waals surface area (Å²) in [6.07, 6.45) is 3.55. The quantitative estimate of drug-likeness (QED) is 0.893. The molecule has 0 aliphatic heterocycles. The lowest BCUT2D eigenvalue weighted by Gasteiger charge is -2.28. The Kier molecular flexibility index (Phi) is 4.24. The Bertz CT molecular complexity index is 478. The number of nitrogens with one attached hydrogen (secondary N) is 1. The minimum absolute atomic E-state index is 0.172.